The van der Waals surface area contributed by atoms with Gasteiger partial charge in [-0.3, -0.25) is 14.4 Å². The van der Waals surface area contributed by atoms with Gasteiger partial charge in [0.25, 0.3) is 5.91 Å². The van der Waals surface area contributed by atoms with E-state index in [-0.39, 0.29) is 42.2 Å². The average molecular weight is 560 g/mol. The molecule has 0 bridgehead atoms. The Morgan fingerprint density at radius 3 is 2.34 bits per heavy atom. The van der Waals surface area contributed by atoms with Crippen molar-refractivity contribution in [2.24, 2.45) is 17.6 Å². The Morgan fingerprint density at radius 2 is 1.73 bits per heavy atom. The van der Waals surface area contributed by atoms with E-state index in [1.54, 1.807) is 6.07 Å². The zero-order valence-corrected chi connectivity index (χ0v) is 22.9. The van der Waals surface area contributed by atoms with E-state index < -0.39 is 52.0 Å². The first-order valence-electron chi connectivity index (χ1n) is 13.8. The van der Waals surface area contributed by atoms with Crippen LogP contribution in [-0.2, 0) is 40.2 Å². The fraction of sp³-hybridized carbons (Fsp3) is 0.387. The van der Waals surface area contributed by atoms with Crippen LogP contribution in [0.2, 0.25) is 0 Å². The summed E-state index contributed by atoms with van der Waals surface area (Å²) in [5.41, 5.74) is 6.77. The molecule has 41 heavy (non-hydrogen) atoms. The number of phenols is 1. The Hall–Kier alpha value is -4.15. The number of amides is 1. The van der Waals surface area contributed by atoms with Gasteiger partial charge in [0.1, 0.15) is 22.8 Å². The number of phenolic OH excluding ortho intramolecular Hbond substituents is 1. The molecule has 2 aromatic carbocycles. The van der Waals surface area contributed by atoms with Gasteiger partial charge in [0.2, 0.25) is 5.78 Å². The number of anilines is 1. The number of carbonyl (C=O) groups excluding carboxylic acids is 3. The van der Waals surface area contributed by atoms with E-state index in [9.17, 15) is 34.8 Å². The Morgan fingerprint density at radius 1 is 1.07 bits per heavy atom. The third-order valence-electron chi connectivity index (χ3n) is 9.19. The van der Waals surface area contributed by atoms with Crippen LogP contribution in [0.25, 0.3) is 5.76 Å². The van der Waals surface area contributed by atoms with E-state index in [4.69, 9.17) is 5.73 Å². The first kappa shape index (κ1) is 27.0. The van der Waals surface area contributed by atoms with Gasteiger partial charge in [-0.15, -0.1) is 0 Å². The lowest BCUT2D eigenvalue weighted by Gasteiger charge is -2.46. The number of aliphatic hydroxyl groups is 3. The zero-order chi connectivity index (χ0) is 29.4. The fourth-order valence-electron chi connectivity index (χ4n) is 7.39. The molecule has 2 aromatic rings. The summed E-state index contributed by atoms with van der Waals surface area (Å²) in [6, 6.07) is 10.2. The van der Waals surface area contributed by atoms with Gasteiger partial charge in [0.05, 0.1) is 5.56 Å². The molecule has 214 valence electrons. The van der Waals surface area contributed by atoms with Crippen molar-refractivity contribution in [2.75, 3.05) is 19.0 Å². The number of nitrogens with zero attached hydrogens (tertiary/aromatic N) is 1. The van der Waals surface area contributed by atoms with Crippen molar-refractivity contribution < 1.29 is 34.8 Å². The summed E-state index contributed by atoms with van der Waals surface area (Å²) in [4.78, 5) is 40.1. The van der Waals surface area contributed by atoms with Crippen molar-refractivity contribution in [1.29, 1.82) is 0 Å². The van der Waals surface area contributed by atoms with Gasteiger partial charge in [-0.05, 0) is 59.9 Å². The van der Waals surface area contributed by atoms with Crippen molar-refractivity contribution in [2.45, 2.75) is 50.3 Å². The van der Waals surface area contributed by atoms with Gasteiger partial charge in [-0.1, -0.05) is 24.3 Å². The highest BCUT2D eigenvalue weighted by Gasteiger charge is 2.60. The number of benzene rings is 2. The second-order valence-electron chi connectivity index (χ2n) is 11.8. The molecule has 0 spiro atoms. The molecule has 1 fully saturated rings. The van der Waals surface area contributed by atoms with Crippen molar-refractivity contribution in [3.05, 3.63) is 75.1 Å². The van der Waals surface area contributed by atoms with E-state index >= 15 is 0 Å². The number of carbonyl (C=O) groups is 3. The van der Waals surface area contributed by atoms with Crippen molar-refractivity contribution in [3.8, 4) is 5.75 Å². The van der Waals surface area contributed by atoms with Crippen LogP contribution in [0.1, 0.15) is 40.7 Å². The van der Waals surface area contributed by atoms with Crippen LogP contribution in [0.5, 0.6) is 5.75 Å². The molecule has 7 N–H and O–H groups in total. The Labute approximate surface area is 236 Å². The number of rotatable bonds is 5. The van der Waals surface area contributed by atoms with Crippen LogP contribution in [0.15, 0.2) is 47.2 Å². The van der Waals surface area contributed by atoms with E-state index in [0.717, 1.165) is 24.1 Å². The van der Waals surface area contributed by atoms with Gasteiger partial charge in [-0.2, -0.15) is 0 Å². The third-order valence-corrected chi connectivity index (χ3v) is 9.19. The van der Waals surface area contributed by atoms with E-state index in [0.29, 0.717) is 12.1 Å². The lowest BCUT2D eigenvalue weighted by molar-refractivity contribution is -0.147. The molecule has 0 radical (unpaired) electrons. The second kappa shape index (κ2) is 9.46. The summed E-state index contributed by atoms with van der Waals surface area (Å²) in [6.45, 7) is 0.472. The van der Waals surface area contributed by atoms with E-state index in [1.807, 2.05) is 31.1 Å². The highest BCUT2D eigenvalue weighted by atomic mass is 16.3. The summed E-state index contributed by atoms with van der Waals surface area (Å²) in [5, 5.41) is 48.3. The summed E-state index contributed by atoms with van der Waals surface area (Å²) in [7, 11) is 3.74. The molecular formula is C31H33N3O7. The molecule has 0 aliphatic heterocycles. The molecule has 1 saturated carbocycles. The number of ketones is 2. The molecule has 0 aromatic heterocycles. The average Bonchev–Trinajstić information content (AvgIpc) is 3.32. The number of primary amides is 1. The number of fused-ring (bicyclic) bond motifs is 4. The van der Waals surface area contributed by atoms with Gasteiger partial charge in [-0.25, -0.2) is 0 Å². The van der Waals surface area contributed by atoms with Crippen LogP contribution in [0.3, 0.4) is 0 Å². The quantitative estimate of drug-likeness (QED) is 0.298. The minimum absolute atomic E-state index is 0.0952. The monoisotopic (exact) mass is 559 g/mol. The normalized spacial score (nSPS) is 25.5. The minimum atomic E-state index is -2.57. The largest absolute Gasteiger partial charge is 0.508 e. The maximum absolute atomic E-state index is 13.7. The van der Waals surface area contributed by atoms with Crippen LogP contribution < -0.4 is 16.0 Å². The molecule has 10 nitrogen and oxygen atoms in total. The van der Waals surface area contributed by atoms with Crippen molar-refractivity contribution >= 4 is 28.9 Å². The zero-order valence-electron chi connectivity index (χ0n) is 22.9. The predicted molar refractivity (Wildman–Crippen MR) is 150 cm³/mol. The molecule has 6 rings (SSSR count). The molecule has 3 atom stereocenters. The summed E-state index contributed by atoms with van der Waals surface area (Å²) < 4.78 is 0. The molecule has 1 amide bonds. The van der Waals surface area contributed by atoms with Crippen LogP contribution in [0, 0.1) is 11.8 Å². The SMILES string of the molecule is CN(C)c1c(CNC2Cc3ccccc3C2)cc(O)c2c1CC1C[C@H]3CC(=O)C(C(N)=O)=C(O)[C@@]3(O)C(=O)C1=C2O. The summed E-state index contributed by atoms with van der Waals surface area (Å²) in [6.07, 6.45) is 1.82. The topological polar surface area (TPSA) is 173 Å². The smallest absolute Gasteiger partial charge is 0.255 e. The standard InChI is InChI=1S/C31H33N3O7/c1-34(2)26-17(13-33-19-8-14-5-3-4-6-15(14)9-19)11-21(35)24-20(26)10-16-7-18-12-22(36)25(30(32)40)29(39)31(18,41)28(38)23(16)27(24)37/h3-6,11,16,18-19,33,35,37,39,41H,7-10,12-13H2,1-2H3,(H2,32,40)/t16?,18-,31-/m0/s1. The number of aromatic hydroxyl groups is 1. The Balaban J connectivity index is 1.39. The molecule has 1 unspecified atom stereocenters. The minimum Gasteiger partial charge on any atom is -0.508 e. The molecular weight excluding hydrogens is 526 g/mol. The number of hydrogen-bond donors (Lipinski definition) is 6. The first-order chi connectivity index (χ1) is 19.4. The maximum Gasteiger partial charge on any atom is 0.255 e. The molecule has 10 heteroatoms. The molecule has 0 heterocycles. The van der Waals surface area contributed by atoms with Crippen LogP contribution in [-0.4, -0.2) is 63.6 Å². The number of nitrogens with one attached hydrogen (secondary N) is 1. The van der Waals surface area contributed by atoms with Crippen LogP contribution >= 0.6 is 0 Å². The van der Waals surface area contributed by atoms with E-state index in [2.05, 4.69) is 17.4 Å². The lowest BCUT2D eigenvalue weighted by Crippen LogP contribution is -2.58. The predicted octanol–water partition coefficient (Wildman–Crippen LogP) is 1.75. The first-order valence-corrected chi connectivity index (χ1v) is 13.8. The van der Waals surface area contributed by atoms with Crippen LogP contribution in [0.4, 0.5) is 5.69 Å². The maximum atomic E-state index is 13.7. The van der Waals surface area contributed by atoms with Gasteiger partial charge >= 0.3 is 0 Å². The Kier molecular flexibility index (Phi) is 6.24. The van der Waals surface area contributed by atoms with Crippen molar-refractivity contribution in [1.82, 2.24) is 5.32 Å². The molecule has 4 aliphatic carbocycles. The highest BCUT2D eigenvalue weighted by Crippen LogP contribution is 2.53. The molecule has 4 aliphatic rings. The summed E-state index contributed by atoms with van der Waals surface area (Å²) >= 11 is 0. The second-order valence-corrected chi connectivity index (χ2v) is 11.8. The number of aliphatic hydroxyl groups excluding tert-OH is 2. The number of hydrogen-bond acceptors (Lipinski definition) is 9. The third kappa shape index (κ3) is 3.96. The Bertz CT molecular complexity index is 1570. The fourth-order valence-corrected chi connectivity index (χ4v) is 7.39. The van der Waals surface area contributed by atoms with Gasteiger partial charge in [0.15, 0.2) is 11.4 Å². The van der Waals surface area contributed by atoms with Gasteiger partial charge in [0, 0.05) is 50.3 Å². The number of nitrogens with two attached hydrogens (primary N) is 1. The highest BCUT2D eigenvalue weighted by molar-refractivity contribution is 6.22. The number of Topliss-reactive ketones (excluding diaryl/α,β-unsaturated/α-hetero) is 2. The van der Waals surface area contributed by atoms with Gasteiger partial charge < -0.3 is 36.4 Å². The summed E-state index contributed by atoms with van der Waals surface area (Å²) in [5.74, 6) is -6.32. The lowest BCUT2D eigenvalue weighted by atomic mass is 9.59. The van der Waals surface area contributed by atoms with E-state index in [1.165, 1.54) is 11.1 Å². The van der Waals surface area contributed by atoms with Crippen molar-refractivity contribution in [3.63, 3.8) is 0 Å². The molecule has 0 saturated heterocycles.